The predicted octanol–water partition coefficient (Wildman–Crippen LogP) is 2.47. The van der Waals surface area contributed by atoms with Gasteiger partial charge in [-0.3, -0.25) is 0 Å². The van der Waals surface area contributed by atoms with E-state index >= 15 is 0 Å². The van der Waals surface area contributed by atoms with E-state index < -0.39 is 0 Å². The van der Waals surface area contributed by atoms with Crippen LogP contribution in [0.25, 0.3) is 0 Å². The van der Waals surface area contributed by atoms with Crippen molar-refractivity contribution in [3.05, 3.63) is 29.6 Å². The van der Waals surface area contributed by atoms with Crippen LogP contribution in [0.1, 0.15) is 25.8 Å². The zero-order chi connectivity index (χ0) is 14.5. The molecule has 0 radical (unpaired) electrons. The van der Waals surface area contributed by atoms with Crippen molar-refractivity contribution in [1.82, 2.24) is 10.2 Å². The number of nitrogens with zero attached hydrogens (tertiary/aromatic N) is 2. The molecule has 0 spiro atoms. The van der Waals surface area contributed by atoms with E-state index in [9.17, 15) is 4.39 Å². The quantitative estimate of drug-likeness (QED) is 0.913. The normalized spacial score (nSPS) is 17.6. The number of rotatable bonds is 4. The molecule has 0 unspecified atom stereocenters. The fourth-order valence-corrected chi connectivity index (χ4v) is 2.61. The Morgan fingerprint density at radius 2 is 2.00 bits per heavy atom. The number of hydrogen-bond acceptors (Lipinski definition) is 3. The average molecular weight is 279 g/mol. The van der Waals surface area contributed by atoms with Crippen LogP contribution in [-0.4, -0.2) is 44.2 Å². The number of halogens is 1. The van der Waals surface area contributed by atoms with Crippen LogP contribution in [0.5, 0.6) is 0 Å². The Kier molecular flexibility index (Phi) is 5.38. The van der Waals surface area contributed by atoms with Crippen molar-refractivity contribution in [3.63, 3.8) is 0 Å². The van der Waals surface area contributed by atoms with Crippen LogP contribution in [0, 0.1) is 5.82 Å². The molecule has 1 N–H and O–H groups in total. The topological polar surface area (TPSA) is 18.5 Å². The van der Waals surface area contributed by atoms with Gasteiger partial charge in [0.05, 0.1) is 0 Å². The number of nitrogens with one attached hydrogen (secondary N) is 1. The molecule has 1 fully saturated rings. The molecular formula is C16H26FN3. The van der Waals surface area contributed by atoms with E-state index in [1.54, 1.807) is 12.1 Å². The molecule has 0 bridgehead atoms. The molecular weight excluding hydrogens is 253 g/mol. The molecule has 0 atom stereocenters. The Balaban J connectivity index is 2.16. The lowest BCUT2D eigenvalue weighted by Crippen LogP contribution is -2.30. The summed E-state index contributed by atoms with van der Waals surface area (Å²) < 4.78 is 13.5. The Bertz CT molecular complexity index is 434. The highest BCUT2D eigenvalue weighted by Gasteiger charge is 2.16. The molecule has 0 aliphatic carbocycles. The summed E-state index contributed by atoms with van der Waals surface area (Å²) in [5.41, 5.74) is 2.23. The molecule has 3 nitrogen and oxygen atoms in total. The molecule has 112 valence electrons. The van der Waals surface area contributed by atoms with Gasteiger partial charge in [-0.25, -0.2) is 4.39 Å². The molecule has 4 heteroatoms. The molecule has 2 rings (SSSR count). The summed E-state index contributed by atoms with van der Waals surface area (Å²) in [4.78, 5) is 4.75. The molecule has 0 saturated carbocycles. The SMILES string of the molecule is CC(C)NCc1cc(F)ccc1N1CCCN(C)CC1. The second-order valence-corrected chi connectivity index (χ2v) is 5.95. The molecule has 1 aliphatic heterocycles. The van der Waals surface area contributed by atoms with E-state index in [0.717, 1.165) is 44.7 Å². The maximum Gasteiger partial charge on any atom is 0.123 e. The third-order valence-corrected chi connectivity index (χ3v) is 3.80. The first-order valence-electron chi connectivity index (χ1n) is 7.51. The number of hydrogen-bond donors (Lipinski definition) is 1. The molecule has 1 heterocycles. The summed E-state index contributed by atoms with van der Waals surface area (Å²) in [6.07, 6.45) is 1.16. The van der Waals surface area contributed by atoms with Crippen molar-refractivity contribution in [2.24, 2.45) is 0 Å². The summed E-state index contributed by atoms with van der Waals surface area (Å²) in [5, 5.41) is 3.39. The smallest absolute Gasteiger partial charge is 0.123 e. The average Bonchev–Trinajstić information content (AvgIpc) is 2.61. The lowest BCUT2D eigenvalue weighted by molar-refractivity contribution is 0.360. The monoisotopic (exact) mass is 279 g/mol. The molecule has 0 aromatic heterocycles. The van der Waals surface area contributed by atoms with Crippen molar-refractivity contribution in [3.8, 4) is 0 Å². The van der Waals surface area contributed by atoms with E-state index in [0.29, 0.717) is 6.04 Å². The second kappa shape index (κ2) is 7.04. The van der Waals surface area contributed by atoms with Crippen LogP contribution in [0.15, 0.2) is 18.2 Å². The van der Waals surface area contributed by atoms with Gasteiger partial charge in [0.1, 0.15) is 5.82 Å². The second-order valence-electron chi connectivity index (χ2n) is 5.95. The van der Waals surface area contributed by atoms with Crippen molar-refractivity contribution >= 4 is 5.69 Å². The van der Waals surface area contributed by atoms with Gasteiger partial charge in [-0.05, 0) is 43.8 Å². The van der Waals surface area contributed by atoms with Gasteiger partial charge in [0, 0.05) is 37.9 Å². The lowest BCUT2D eigenvalue weighted by atomic mass is 10.1. The summed E-state index contributed by atoms with van der Waals surface area (Å²) in [5.74, 6) is -0.152. The van der Waals surface area contributed by atoms with Crippen molar-refractivity contribution < 1.29 is 4.39 Å². The van der Waals surface area contributed by atoms with Crippen LogP contribution in [0.3, 0.4) is 0 Å². The Labute approximate surface area is 121 Å². The molecule has 1 aromatic carbocycles. The van der Waals surface area contributed by atoms with Gasteiger partial charge >= 0.3 is 0 Å². The zero-order valence-corrected chi connectivity index (χ0v) is 12.8. The van der Waals surface area contributed by atoms with Gasteiger partial charge in [-0.1, -0.05) is 13.8 Å². The lowest BCUT2D eigenvalue weighted by Gasteiger charge is -2.26. The number of anilines is 1. The highest BCUT2D eigenvalue weighted by molar-refractivity contribution is 5.54. The van der Waals surface area contributed by atoms with E-state index in [2.05, 4.69) is 36.0 Å². The zero-order valence-electron chi connectivity index (χ0n) is 12.8. The highest BCUT2D eigenvalue weighted by atomic mass is 19.1. The van der Waals surface area contributed by atoms with E-state index in [-0.39, 0.29) is 5.82 Å². The summed E-state index contributed by atoms with van der Waals surface area (Å²) in [6.45, 7) is 9.20. The van der Waals surface area contributed by atoms with Gasteiger partial charge < -0.3 is 15.1 Å². The largest absolute Gasteiger partial charge is 0.370 e. The maximum absolute atomic E-state index is 13.5. The minimum Gasteiger partial charge on any atom is -0.370 e. The van der Waals surface area contributed by atoms with Gasteiger partial charge in [0.25, 0.3) is 0 Å². The first-order valence-corrected chi connectivity index (χ1v) is 7.51. The fraction of sp³-hybridized carbons (Fsp3) is 0.625. The Morgan fingerprint density at radius 3 is 2.75 bits per heavy atom. The third kappa shape index (κ3) is 4.18. The first kappa shape index (κ1) is 15.3. The first-order chi connectivity index (χ1) is 9.56. The van der Waals surface area contributed by atoms with Crippen LogP contribution in [-0.2, 0) is 6.54 Å². The predicted molar refractivity (Wildman–Crippen MR) is 82.7 cm³/mol. The Hall–Kier alpha value is -1.13. The molecule has 0 amide bonds. The standard InChI is InChI=1S/C16H26FN3/c1-13(2)18-12-14-11-15(17)5-6-16(14)20-8-4-7-19(3)9-10-20/h5-6,11,13,18H,4,7-10,12H2,1-3H3. The number of likely N-dealkylation sites (N-methyl/N-ethyl adjacent to an activating group) is 1. The summed E-state index contributed by atoms with van der Waals surface area (Å²) in [6, 6.07) is 5.57. The van der Waals surface area contributed by atoms with Gasteiger partial charge in [-0.15, -0.1) is 0 Å². The highest BCUT2D eigenvalue weighted by Crippen LogP contribution is 2.23. The molecule has 20 heavy (non-hydrogen) atoms. The van der Waals surface area contributed by atoms with Crippen molar-refractivity contribution in [2.75, 3.05) is 38.1 Å². The number of benzene rings is 1. The van der Waals surface area contributed by atoms with Crippen LogP contribution in [0.4, 0.5) is 10.1 Å². The van der Waals surface area contributed by atoms with Crippen molar-refractivity contribution in [2.45, 2.75) is 32.9 Å². The van der Waals surface area contributed by atoms with Gasteiger partial charge in [0.2, 0.25) is 0 Å². The van der Waals surface area contributed by atoms with E-state index in [1.807, 2.05) is 6.07 Å². The molecule has 1 saturated heterocycles. The molecule has 1 aromatic rings. The van der Waals surface area contributed by atoms with Gasteiger partial charge in [0.15, 0.2) is 0 Å². The Morgan fingerprint density at radius 1 is 1.20 bits per heavy atom. The minimum absolute atomic E-state index is 0.152. The third-order valence-electron chi connectivity index (χ3n) is 3.80. The summed E-state index contributed by atoms with van der Waals surface area (Å²) >= 11 is 0. The van der Waals surface area contributed by atoms with Crippen LogP contribution < -0.4 is 10.2 Å². The summed E-state index contributed by atoms with van der Waals surface area (Å²) in [7, 11) is 2.16. The van der Waals surface area contributed by atoms with E-state index in [4.69, 9.17) is 0 Å². The minimum atomic E-state index is -0.152. The fourth-order valence-electron chi connectivity index (χ4n) is 2.61. The van der Waals surface area contributed by atoms with Gasteiger partial charge in [-0.2, -0.15) is 0 Å². The maximum atomic E-state index is 13.5. The van der Waals surface area contributed by atoms with Crippen LogP contribution in [0.2, 0.25) is 0 Å². The molecule has 1 aliphatic rings. The van der Waals surface area contributed by atoms with Crippen molar-refractivity contribution in [1.29, 1.82) is 0 Å². The van der Waals surface area contributed by atoms with Crippen LogP contribution >= 0.6 is 0 Å². The van der Waals surface area contributed by atoms with E-state index in [1.165, 1.54) is 5.69 Å².